The van der Waals surface area contributed by atoms with E-state index in [1.54, 1.807) is 18.3 Å². The van der Waals surface area contributed by atoms with Gasteiger partial charge in [0, 0.05) is 29.3 Å². The van der Waals surface area contributed by atoms with E-state index in [-0.39, 0.29) is 23.9 Å². The van der Waals surface area contributed by atoms with E-state index in [2.05, 4.69) is 31.6 Å². The summed E-state index contributed by atoms with van der Waals surface area (Å²) in [5.41, 5.74) is 1.66. The van der Waals surface area contributed by atoms with Crippen LogP contribution in [0.5, 0.6) is 5.75 Å². The summed E-state index contributed by atoms with van der Waals surface area (Å²) in [6.45, 7) is 0. The van der Waals surface area contributed by atoms with Gasteiger partial charge in [0.25, 0.3) is 0 Å². The number of thiazole rings is 1. The molecule has 0 radical (unpaired) electrons. The minimum atomic E-state index is -0.948. The largest absolute Gasteiger partial charge is 0.507 e. The van der Waals surface area contributed by atoms with E-state index in [0.717, 1.165) is 37.7 Å². The van der Waals surface area contributed by atoms with Gasteiger partial charge in [-0.2, -0.15) is 5.26 Å². The number of benzene rings is 1. The van der Waals surface area contributed by atoms with Crippen molar-refractivity contribution in [2.45, 2.75) is 62.4 Å². The Morgan fingerprint density at radius 3 is 2.73 bits per heavy atom. The molecule has 8 nitrogen and oxygen atoms in total. The van der Waals surface area contributed by atoms with Gasteiger partial charge in [0.05, 0.1) is 18.4 Å². The molecule has 168 valence electrons. The van der Waals surface area contributed by atoms with E-state index in [1.807, 2.05) is 11.0 Å². The lowest BCUT2D eigenvalue weighted by molar-refractivity contribution is 0.171. The lowest BCUT2D eigenvalue weighted by atomic mass is 9.96. The zero-order valence-electron chi connectivity index (χ0n) is 17.7. The van der Waals surface area contributed by atoms with Gasteiger partial charge in [0.2, 0.25) is 5.95 Å². The predicted molar refractivity (Wildman–Crippen MR) is 121 cm³/mol. The SMILES string of the molecule is N#Cc1cnc(-c2ccc(-c3cnc(N(C4CC4)[C@H]4C[C@@H]5CC[C@H](N5)[C@H]4F)nn3)c(O)c2)s1. The number of phenolic OH excluding ortho intramolecular Hbond substituents is 1. The van der Waals surface area contributed by atoms with Crippen LogP contribution in [0.15, 0.2) is 30.6 Å². The van der Waals surface area contributed by atoms with Gasteiger partial charge in [-0.15, -0.1) is 21.5 Å². The molecule has 1 saturated carbocycles. The van der Waals surface area contributed by atoms with Gasteiger partial charge in [0.1, 0.15) is 33.6 Å². The Labute approximate surface area is 194 Å². The molecule has 4 heterocycles. The number of alkyl halides is 1. The quantitative estimate of drug-likeness (QED) is 0.592. The normalized spacial score (nSPS) is 26.2. The summed E-state index contributed by atoms with van der Waals surface area (Å²) < 4.78 is 15.2. The number of aromatic nitrogens is 4. The highest BCUT2D eigenvalue weighted by atomic mass is 32.1. The first kappa shape index (κ1) is 20.4. The lowest BCUT2D eigenvalue weighted by Crippen LogP contribution is -2.57. The van der Waals surface area contributed by atoms with Crippen LogP contribution >= 0.6 is 11.3 Å². The van der Waals surface area contributed by atoms with Gasteiger partial charge in [-0.1, -0.05) is 6.07 Å². The van der Waals surface area contributed by atoms with Gasteiger partial charge >= 0.3 is 0 Å². The number of halogens is 1. The summed E-state index contributed by atoms with van der Waals surface area (Å²) in [6, 6.07) is 7.54. The van der Waals surface area contributed by atoms with Crippen molar-refractivity contribution in [1.29, 1.82) is 5.26 Å². The summed E-state index contributed by atoms with van der Waals surface area (Å²) in [7, 11) is 0. The standard InChI is InChI=1S/C23H22FN7OS/c24-21-17-6-2-13(28-17)8-19(21)31(14-3-4-14)23-27-11-18(29-30-23)16-5-1-12(7-20(16)32)22-26-10-15(9-25)33-22/h1,5,7,10-11,13-14,17,19,21,28,32H,2-4,6,8H2/t13-,17-,19-,21+/m0/s1. The molecule has 4 atom stereocenters. The number of hydrogen-bond donors (Lipinski definition) is 2. The molecule has 6 rings (SSSR count). The van der Waals surface area contributed by atoms with Crippen LogP contribution in [0.2, 0.25) is 0 Å². The summed E-state index contributed by atoms with van der Waals surface area (Å²) in [5, 5.41) is 32.3. The maximum Gasteiger partial charge on any atom is 0.245 e. The minimum Gasteiger partial charge on any atom is -0.507 e. The molecule has 2 bridgehead atoms. The highest BCUT2D eigenvalue weighted by molar-refractivity contribution is 7.15. The molecule has 2 N–H and O–H groups in total. The van der Waals surface area contributed by atoms with Crippen LogP contribution in [-0.4, -0.2) is 55.6 Å². The van der Waals surface area contributed by atoms with Crippen molar-refractivity contribution in [2.24, 2.45) is 0 Å². The van der Waals surface area contributed by atoms with Gasteiger partial charge in [-0.3, -0.25) is 0 Å². The van der Waals surface area contributed by atoms with Crippen molar-refractivity contribution >= 4 is 17.3 Å². The second-order valence-electron chi connectivity index (χ2n) is 8.95. The van der Waals surface area contributed by atoms with Crippen LogP contribution in [0.4, 0.5) is 10.3 Å². The summed E-state index contributed by atoms with van der Waals surface area (Å²) in [4.78, 5) is 11.3. The van der Waals surface area contributed by atoms with Crippen LogP contribution in [0.3, 0.4) is 0 Å². The second-order valence-corrected chi connectivity index (χ2v) is 9.98. The number of nitrogens with zero attached hydrogens (tertiary/aromatic N) is 6. The molecule has 33 heavy (non-hydrogen) atoms. The number of hydrogen-bond acceptors (Lipinski definition) is 9. The van der Waals surface area contributed by atoms with E-state index >= 15 is 4.39 Å². The smallest absolute Gasteiger partial charge is 0.245 e. The van der Waals surface area contributed by atoms with Crippen molar-refractivity contribution in [3.8, 4) is 33.6 Å². The Bertz CT molecular complexity index is 1220. The van der Waals surface area contributed by atoms with Crippen LogP contribution < -0.4 is 10.2 Å². The molecular weight excluding hydrogens is 441 g/mol. The molecule has 1 aliphatic carbocycles. The van der Waals surface area contributed by atoms with Crippen molar-refractivity contribution in [3.63, 3.8) is 0 Å². The van der Waals surface area contributed by atoms with Crippen molar-refractivity contribution < 1.29 is 9.50 Å². The van der Waals surface area contributed by atoms with E-state index in [0.29, 0.717) is 33.1 Å². The summed E-state index contributed by atoms with van der Waals surface area (Å²) >= 11 is 1.26. The van der Waals surface area contributed by atoms with Gasteiger partial charge in [-0.25, -0.2) is 14.4 Å². The third kappa shape index (κ3) is 3.71. The molecule has 3 aromatic rings. The van der Waals surface area contributed by atoms with Crippen LogP contribution in [-0.2, 0) is 0 Å². The van der Waals surface area contributed by atoms with Gasteiger partial charge in [0.15, 0.2) is 0 Å². The topological polar surface area (TPSA) is 111 Å². The number of anilines is 1. The van der Waals surface area contributed by atoms with Gasteiger partial charge in [-0.05, 0) is 44.2 Å². The molecule has 2 aliphatic heterocycles. The second kappa shape index (κ2) is 8.01. The lowest BCUT2D eigenvalue weighted by Gasteiger charge is -2.40. The maximum absolute atomic E-state index is 15.2. The van der Waals surface area contributed by atoms with Crippen LogP contribution in [0, 0.1) is 11.3 Å². The number of nitriles is 1. The Kier molecular flexibility index (Phi) is 4.96. The monoisotopic (exact) mass is 463 g/mol. The van der Waals surface area contributed by atoms with Crippen molar-refractivity contribution in [1.82, 2.24) is 25.5 Å². The highest BCUT2D eigenvalue weighted by Gasteiger charge is 2.48. The zero-order valence-corrected chi connectivity index (χ0v) is 18.5. The van der Waals surface area contributed by atoms with Crippen molar-refractivity contribution in [2.75, 3.05) is 4.90 Å². The van der Waals surface area contributed by atoms with E-state index in [9.17, 15) is 5.11 Å². The molecule has 3 fully saturated rings. The minimum absolute atomic E-state index is 0.0304. The summed E-state index contributed by atoms with van der Waals surface area (Å²) in [6.07, 6.45) is 6.85. The first-order valence-corrected chi connectivity index (χ1v) is 12.0. The number of aromatic hydroxyl groups is 1. The van der Waals surface area contributed by atoms with Crippen molar-refractivity contribution in [3.05, 3.63) is 35.5 Å². The molecule has 3 aliphatic rings. The fourth-order valence-electron chi connectivity index (χ4n) is 5.03. The van der Waals surface area contributed by atoms with Crippen LogP contribution in [0.25, 0.3) is 21.8 Å². The van der Waals surface area contributed by atoms with Gasteiger partial charge < -0.3 is 15.3 Å². The van der Waals surface area contributed by atoms with Crippen LogP contribution in [0.1, 0.15) is 37.0 Å². The third-order valence-corrected chi connectivity index (χ3v) is 7.72. The number of phenols is 1. The Morgan fingerprint density at radius 2 is 2.03 bits per heavy atom. The molecule has 2 aromatic heterocycles. The molecule has 1 aromatic carbocycles. The molecule has 0 unspecified atom stereocenters. The number of rotatable bonds is 5. The fourth-order valence-corrected chi connectivity index (χ4v) is 5.74. The molecular formula is C23H22FN7OS. The molecule has 0 amide bonds. The third-order valence-electron chi connectivity index (χ3n) is 6.77. The zero-order chi connectivity index (χ0) is 22.5. The predicted octanol–water partition coefficient (Wildman–Crippen LogP) is 3.44. The molecule has 2 saturated heterocycles. The van der Waals surface area contributed by atoms with E-state index in [4.69, 9.17) is 5.26 Å². The highest BCUT2D eigenvalue weighted by Crippen LogP contribution is 2.40. The molecule has 0 spiro atoms. The average molecular weight is 464 g/mol. The molecule has 10 heteroatoms. The van der Waals surface area contributed by atoms with E-state index in [1.165, 1.54) is 17.5 Å². The Hall–Kier alpha value is -3.16. The first-order chi connectivity index (χ1) is 16.1. The maximum atomic E-state index is 15.2. The fraction of sp³-hybridized carbons (Fsp3) is 0.435. The summed E-state index contributed by atoms with van der Waals surface area (Å²) in [5.74, 6) is 0.487. The number of nitrogens with one attached hydrogen (secondary N) is 1. The van der Waals surface area contributed by atoms with E-state index < -0.39 is 6.17 Å². The Balaban J connectivity index is 1.26. The number of piperidine rings is 1. The number of fused-ring (bicyclic) bond motifs is 2. The Morgan fingerprint density at radius 1 is 1.15 bits per heavy atom. The average Bonchev–Trinajstić information content (AvgIpc) is 3.39. The first-order valence-electron chi connectivity index (χ1n) is 11.2.